The minimum Gasteiger partial charge on any atom is -0.459 e. The van der Waals surface area contributed by atoms with E-state index in [9.17, 15) is 4.79 Å². The van der Waals surface area contributed by atoms with Crippen LogP contribution in [0.2, 0.25) is 0 Å². The first-order chi connectivity index (χ1) is 12.7. The fourth-order valence-electron chi connectivity index (χ4n) is 4.40. The Morgan fingerprint density at radius 3 is 2.54 bits per heavy atom. The molecule has 4 rings (SSSR count). The second-order valence-electron chi connectivity index (χ2n) is 7.53. The van der Waals surface area contributed by atoms with Gasteiger partial charge in [-0.15, -0.1) is 0 Å². The number of hydrogen-bond acceptors (Lipinski definition) is 4. The van der Waals surface area contributed by atoms with E-state index in [1.165, 1.54) is 18.4 Å². The predicted molar refractivity (Wildman–Crippen MR) is 101 cm³/mol. The molecule has 2 bridgehead atoms. The van der Waals surface area contributed by atoms with Crippen LogP contribution in [0.25, 0.3) is 0 Å². The van der Waals surface area contributed by atoms with Crippen LogP contribution in [0.1, 0.15) is 47.3 Å². The summed E-state index contributed by atoms with van der Waals surface area (Å²) in [5, 5.41) is 0. The first kappa shape index (κ1) is 17.2. The molecular formula is C22H26N2O2. The van der Waals surface area contributed by atoms with Crippen molar-refractivity contribution in [1.82, 2.24) is 9.88 Å². The Balaban J connectivity index is 1.41. The number of pyridine rings is 1. The number of nitrogens with zero attached hydrogens (tertiary/aromatic N) is 2. The molecule has 0 radical (unpaired) electrons. The average molecular weight is 350 g/mol. The Kier molecular flexibility index (Phi) is 5.02. The van der Waals surface area contributed by atoms with Gasteiger partial charge in [-0.25, -0.2) is 4.79 Å². The number of esters is 1. The van der Waals surface area contributed by atoms with Gasteiger partial charge >= 0.3 is 5.97 Å². The third-order valence-corrected chi connectivity index (χ3v) is 5.93. The summed E-state index contributed by atoms with van der Waals surface area (Å²) < 4.78 is 5.89. The Morgan fingerprint density at radius 2 is 1.81 bits per heavy atom. The SMILES string of the molecule is CN1C2CCC1CC(OC(=O)c1cccnc1CCc1ccccc1)C2. The normalized spacial score (nSPS) is 25.2. The lowest BCUT2D eigenvalue weighted by molar-refractivity contribution is -0.000591. The van der Waals surface area contributed by atoms with E-state index in [1.54, 1.807) is 6.20 Å². The van der Waals surface area contributed by atoms with Crippen LogP contribution in [0.4, 0.5) is 0 Å². The maximum absolute atomic E-state index is 12.8. The highest BCUT2D eigenvalue weighted by Gasteiger charge is 2.40. The van der Waals surface area contributed by atoms with Gasteiger partial charge in [0.25, 0.3) is 0 Å². The zero-order valence-electron chi connectivity index (χ0n) is 15.3. The highest BCUT2D eigenvalue weighted by Crippen LogP contribution is 2.35. The molecule has 2 aliphatic heterocycles. The summed E-state index contributed by atoms with van der Waals surface area (Å²) in [5.41, 5.74) is 2.70. The second kappa shape index (κ2) is 7.58. The lowest BCUT2D eigenvalue weighted by Crippen LogP contribution is -2.43. The number of fused-ring (bicyclic) bond motifs is 2. The van der Waals surface area contributed by atoms with Crippen LogP contribution in [0.15, 0.2) is 48.7 Å². The molecule has 2 atom stereocenters. The van der Waals surface area contributed by atoms with E-state index in [0.29, 0.717) is 17.6 Å². The van der Waals surface area contributed by atoms with Crippen LogP contribution in [0, 0.1) is 0 Å². The molecule has 2 aliphatic rings. The summed E-state index contributed by atoms with van der Waals surface area (Å²) in [6, 6.07) is 15.1. The minimum absolute atomic E-state index is 0.0402. The van der Waals surface area contributed by atoms with Crippen LogP contribution in [-0.4, -0.2) is 41.1 Å². The third-order valence-electron chi connectivity index (χ3n) is 5.93. The number of ether oxygens (including phenoxy) is 1. The fourth-order valence-corrected chi connectivity index (χ4v) is 4.40. The van der Waals surface area contributed by atoms with Crippen molar-refractivity contribution < 1.29 is 9.53 Å². The Morgan fingerprint density at radius 1 is 1.08 bits per heavy atom. The van der Waals surface area contributed by atoms with E-state index in [1.807, 2.05) is 30.3 Å². The van der Waals surface area contributed by atoms with E-state index in [0.717, 1.165) is 31.4 Å². The standard InChI is InChI=1S/C22H26N2O2/c1-24-17-10-11-18(24)15-19(14-17)26-22(25)20-8-5-13-23-21(20)12-9-16-6-3-2-4-7-16/h2-8,13,17-19H,9-12,14-15H2,1H3. The quantitative estimate of drug-likeness (QED) is 0.772. The zero-order chi connectivity index (χ0) is 17.9. The number of piperidine rings is 1. The van der Waals surface area contributed by atoms with Gasteiger partial charge in [0.1, 0.15) is 6.10 Å². The molecule has 0 N–H and O–H groups in total. The van der Waals surface area contributed by atoms with Crippen LogP contribution in [-0.2, 0) is 17.6 Å². The van der Waals surface area contributed by atoms with Crippen molar-refractivity contribution in [2.45, 2.75) is 56.7 Å². The van der Waals surface area contributed by atoms with Crippen molar-refractivity contribution in [3.63, 3.8) is 0 Å². The molecule has 1 aromatic heterocycles. The molecule has 1 aromatic carbocycles. The third kappa shape index (κ3) is 3.65. The van der Waals surface area contributed by atoms with Crippen LogP contribution < -0.4 is 0 Å². The first-order valence-corrected chi connectivity index (χ1v) is 9.61. The number of rotatable bonds is 5. The van der Waals surface area contributed by atoms with Gasteiger partial charge < -0.3 is 9.64 Å². The molecule has 2 aromatic rings. The van der Waals surface area contributed by atoms with E-state index in [4.69, 9.17) is 4.74 Å². The number of benzene rings is 1. The van der Waals surface area contributed by atoms with Crippen molar-refractivity contribution in [1.29, 1.82) is 0 Å². The van der Waals surface area contributed by atoms with E-state index >= 15 is 0 Å². The molecule has 4 heteroatoms. The van der Waals surface area contributed by atoms with Gasteiger partial charge in [-0.2, -0.15) is 0 Å². The maximum atomic E-state index is 12.8. The van der Waals surface area contributed by atoms with Crippen LogP contribution in [0.3, 0.4) is 0 Å². The van der Waals surface area contributed by atoms with Gasteiger partial charge in [-0.3, -0.25) is 4.98 Å². The molecule has 0 amide bonds. The van der Waals surface area contributed by atoms with Gasteiger partial charge in [-0.05, 0) is 50.4 Å². The monoisotopic (exact) mass is 350 g/mol. The van der Waals surface area contributed by atoms with Crippen molar-refractivity contribution in [3.8, 4) is 0 Å². The Labute approximate surface area is 155 Å². The van der Waals surface area contributed by atoms with Crippen LogP contribution >= 0.6 is 0 Å². The first-order valence-electron chi connectivity index (χ1n) is 9.61. The second-order valence-corrected chi connectivity index (χ2v) is 7.53. The van der Waals surface area contributed by atoms with Gasteiger partial charge in [0.15, 0.2) is 0 Å². The molecule has 2 saturated heterocycles. The topological polar surface area (TPSA) is 42.4 Å². The van der Waals surface area contributed by atoms with Gasteiger partial charge in [0.05, 0.1) is 11.3 Å². The van der Waals surface area contributed by atoms with Gasteiger partial charge in [0.2, 0.25) is 0 Å². The fraction of sp³-hybridized carbons (Fsp3) is 0.455. The molecule has 136 valence electrons. The molecule has 26 heavy (non-hydrogen) atoms. The summed E-state index contributed by atoms with van der Waals surface area (Å²) in [5.74, 6) is -0.213. The summed E-state index contributed by atoms with van der Waals surface area (Å²) in [7, 11) is 2.20. The molecule has 0 aliphatic carbocycles. The Hall–Kier alpha value is -2.20. The lowest BCUT2D eigenvalue weighted by atomic mass is 10.00. The summed E-state index contributed by atoms with van der Waals surface area (Å²) in [4.78, 5) is 19.7. The minimum atomic E-state index is -0.213. The Bertz CT molecular complexity index is 748. The number of aromatic nitrogens is 1. The van der Waals surface area contributed by atoms with Gasteiger partial charge in [0, 0.05) is 31.1 Å². The molecule has 0 spiro atoms. The maximum Gasteiger partial charge on any atom is 0.340 e. The van der Waals surface area contributed by atoms with E-state index in [2.05, 4.69) is 29.1 Å². The van der Waals surface area contributed by atoms with E-state index < -0.39 is 0 Å². The predicted octanol–water partition coefficient (Wildman–Crippen LogP) is 3.65. The van der Waals surface area contributed by atoms with Crippen molar-refractivity contribution in [2.75, 3.05) is 7.05 Å². The summed E-state index contributed by atoms with van der Waals surface area (Å²) in [6.07, 6.45) is 7.78. The van der Waals surface area contributed by atoms with E-state index in [-0.39, 0.29) is 12.1 Å². The zero-order valence-corrected chi connectivity index (χ0v) is 15.3. The highest BCUT2D eigenvalue weighted by atomic mass is 16.5. The molecule has 4 nitrogen and oxygen atoms in total. The lowest BCUT2D eigenvalue weighted by Gasteiger charge is -2.35. The molecule has 2 unspecified atom stereocenters. The van der Waals surface area contributed by atoms with Gasteiger partial charge in [-0.1, -0.05) is 30.3 Å². The van der Waals surface area contributed by atoms with Crippen molar-refractivity contribution >= 4 is 5.97 Å². The number of aryl methyl sites for hydroxylation is 2. The van der Waals surface area contributed by atoms with Crippen molar-refractivity contribution in [3.05, 3.63) is 65.5 Å². The number of carbonyl (C=O) groups is 1. The molecule has 0 saturated carbocycles. The average Bonchev–Trinajstić information content (AvgIpc) is 2.88. The largest absolute Gasteiger partial charge is 0.459 e. The summed E-state index contributed by atoms with van der Waals surface area (Å²) in [6.45, 7) is 0. The molecular weight excluding hydrogens is 324 g/mol. The molecule has 2 fully saturated rings. The molecule has 3 heterocycles. The highest BCUT2D eigenvalue weighted by molar-refractivity contribution is 5.90. The summed E-state index contributed by atoms with van der Waals surface area (Å²) >= 11 is 0. The van der Waals surface area contributed by atoms with Crippen LogP contribution in [0.5, 0.6) is 0 Å². The number of carbonyl (C=O) groups excluding carboxylic acids is 1. The van der Waals surface area contributed by atoms with Crippen molar-refractivity contribution in [2.24, 2.45) is 0 Å². The number of hydrogen-bond donors (Lipinski definition) is 0. The smallest absolute Gasteiger partial charge is 0.340 e.